The highest BCUT2D eigenvalue weighted by Crippen LogP contribution is 2.28. The second-order valence-electron chi connectivity index (χ2n) is 6.40. The van der Waals surface area contributed by atoms with Crippen molar-refractivity contribution in [1.29, 1.82) is 0 Å². The van der Waals surface area contributed by atoms with Gasteiger partial charge in [-0.25, -0.2) is 4.39 Å². The smallest absolute Gasteiger partial charge is 0.204 e. The van der Waals surface area contributed by atoms with Crippen molar-refractivity contribution >= 4 is 0 Å². The van der Waals surface area contributed by atoms with Crippen LogP contribution in [0.15, 0.2) is 24.3 Å². The van der Waals surface area contributed by atoms with Gasteiger partial charge >= 0.3 is 0 Å². The Balaban J connectivity index is 2.47. The minimum atomic E-state index is -1.18. The Labute approximate surface area is 149 Å². The molecular weight excluding hydrogens is 329 g/mol. The Morgan fingerprint density at radius 2 is 1.68 bits per heavy atom. The van der Waals surface area contributed by atoms with Crippen LogP contribution in [0.4, 0.5) is 13.2 Å². The molecule has 0 bridgehead atoms. The van der Waals surface area contributed by atoms with Crippen molar-refractivity contribution in [2.45, 2.75) is 59.0 Å². The summed E-state index contributed by atoms with van der Waals surface area (Å²) in [4.78, 5) is 0. The van der Waals surface area contributed by atoms with Gasteiger partial charge in [0.2, 0.25) is 11.6 Å². The highest BCUT2D eigenvalue weighted by atomic mass is 19.2. The number of unbranched alkanes of at least 4 members (excludes halogenated alkanes) is 2. The van der Waals surface area contributed by atoms with Gasteiger partial charge in [0.1, 0.15) is 12.8 Å². The second-order valence-corrected chi connectivity index (χ2v) is 6.40. The molecule has 0 N–H and O–H groups in total. The van der Waals surface area contributed by atoms with Gasteiger partial charge in [0, 0.05) is 0 Å². The van der Waals surface area contributed by atoms with Crippen LogP contribution in [0.1, 0.15) is 52.9 Å². The lowest BCUT2D eigenvalue weighted by molar-refractivity contribution is 0.177. The molecule has 0 radical (unpaired) electrons. The molecule has 0 saturated carbocycles. The molecule has 142 valence electrons. The van der Waals surface area contributed by atoms with Gasteiger partial charge in [-0.3, -0.25) is 0 Å². The van der Waals surface area contributed by atoms with Crippen molar-refractivity contribution < 1.29 is 22.6 Å². The third-order valence-electron chi connectivity index (χ3n) is 3.60. The zero-order chi connectivity index (χ0) is 18.7. The quantitative estimate of drug-likeness (QED) is 0.325. The second kappa shape index (κ2) is 11.8. The van der Waals surface area contributed by atoms with E-state index in [0.717, 1.165) is 19.3 Å². The van der Waals surface area contributed by atoms with E-state index in [0.29, 0.717) is 25.4 Å². The van der Waals surface area contributed by atoms with E-state index >= 15 is 0 Å². The van der Waals surface area contributed by atoms with Crippen LogP contribution in [0.25, 0.3) is 0 Å². The SMILES string of the molecule is CCCCC(F)COc1ccc(OCCC/C=C/C(C)C)c(F)c1F. The van der Waals surface area contributed by atoms with Crippen LogP contribution in [-0.4, -0.2) is 19.4 Å². The topological polar surface area (TPSA) is 18.5 Å². The first-order chi connectivity index (χ1) is 12.0. The summed E-state index contributed by atoms with van der Waals surface area (Å²) in [7, 11) is 0. The van der Waals surface area contributed by atoms with E-state index in [1.165, 1.54) is 12.1 Å². The molecular formula is C20H29F3O2. The average molecular weight is 358 g/mol. The zero-order valence-electron chi connectivity index (χ0n) is 15.4. The van der Waals surface area contributed by atoms with Gasteiger partial charge in [-0.2, -0.15) is 8.78 Å². The Hall–Kier alpha value is -1.65. The molecule has 0 aromatic heterocycles. The van der Waals surface area contributed by atoms with E-state index in [-0.39, 0.29) is 18.1 Å². The first-order valence-electron chi connectivity index (χ1n) is 9.00. The highest BCUT2D eigenvalue weighted by Gasteiger charge is 2.17. The highest BCUT2D eigenvalue weighted by molar-refractivity contribution is 5.35. The number of allylic oxidation sites excluding steroid dienone is 2. The largest absolute Gasteiger partial charge is 0.490 e. The molecule has 1 aromatic carbocycles. The van der Waals surface area contributed by atoms with Gasteiger partial charge in [0.05, 0.1) is 6.61 Å². The van der Waals surface area contributed by atoms with Crippen molar-refractivity contribution in [1.82, 2.24) is 0 Å². The number of hydrogen-bond donors (Lipinski definition) is 0. The number of alkyl halides is 1. The fraction of sp³-hybridized carbons (Fsp3) is 0.600. The summed E-state index contributed by atoms with van der Waals surface area (Å²) in [6, 6.07) is 2.59. The maximum absolute atomic E-state index is 14.0. The standard InChI is InChI=1S/C20H29F3O2/c1-4-5-10-16(21)14-25-18-12-11-17(19(22)20(18)23)24-13-8-6-7-9-15(2)3/h7,9,11-12,15-16H,4-6,8,10,13-14H2,1-3H3/b9-7+. The summed E-state index contributed by atoms with van der Waals surface area (Å²) in [5, 5.41) is 0. The van der Waals surface area contributed by atoms with E-state index in [1.54, 1.807) is 0 Å². The Morgan fingerprint density at radius 1 is 1.04 bits per heavy atom. The van der Waals surface area contributed by atoms with Crippen molar-refractivity contribution in [2.24, 2.45) is 5.92 Å². The minimum Gasteiger partial charge on any atom is -0.490 e. The van der Waals surface area contributed by atoms with Gasteiger partial charge in [-0.15, -0.1) is 0 Å². The average Bonchev–Trinajstić information content (AvgIpc) is 2.58. The Bertz CT molecular complexity index is 530. The lowest BCUT2D eigenvalue weighted by atomic mass is 10.2. The van der Waals surface area contributed by atoms with E-state index in [1.807, 2.05) is 13.0 Å². The zero-order valence-corrected chi connectivity index (χ0v) is 15.4. The fourth-order valence-electron chi connectivity index (χ4n) is 2.18. The maximum Gasteiger partial charge on any atom is 0.204 e. The summed E-state index contributed by atoms with van der Waals surface area (Å²) < 4.78 is 51.8. The van der Waals surface area contributed by atoms with Crippen molar-refractivity contribution in [3.05, 3.63) is 35.9 Å². The molecule has 1 unspecified atom stereocenters. The molecule has 1 rings (SSSR count). The molecule has 0 aliphatic heterocycles. The summed E-state index contributed by atoms with van der Waals surface area (Å²) in [6.07, 6.45) is 6.45. The molecule has 0 fully saturated rings. The van der Waals surface area contributed by atoms with Crippen LogP contribution < -0.4 is 9.47 Å². The van der Waals surface area contributed by atoms with Crippen LogP contribution in [-0.2, 0) is 0 Å². The van der Waals surface area contributed by atoms with Crippen molar-refractivity contribution in [3.63, 3.8) is 0 Å². The maximum atomic E-state index is 14.0. The molecule has 0 saturated heterocycles. The van der Waals surface area contributed by atoms with Crippen molar-refractivity contribution in [3.8, 4) is 11.5 Å². The van der Waals surface area contributed by atoms with Gasteiger partial charge < -0.3 is 9.47 Å². The van der Waals surface area contributed by atoms with Crippen molar-refractivity contribution in [2.75, 3.05) is 13.2 Å². The third-order valence-corrected chi connectivity index (χ3v) is 3.60. The molecule has 25 heavy (non-hydrogen) atoms. The third kappa shape index (κ3) is 8.32. The molecule has 2 nitrogen and oxygen atoms in total. The van der Waals surface area contributed by atoms with Gasteiger partial charge in [0.25, 0.3) is 0 Å². The molecule has 5 heteroatoms. The number of rotatable bonds is 12. The number of hydrogen-bond acceptors (Lipinski definition) is 2. The summed E-state index contributed by atoms with van der Waals surface area (Å²) >= 11 is 0. The van der Waals surface area contributed by atoms with Gasteiger partial charge in [0.15, 0.2) is 11.5 Å². The summed E-state index contributed by atoms with van der Waals surface area (Å²) in [5.74, 6) is -2.19. The van der Waals surface area contributed by atoms with Crippen LogP contribution in [0, 0.1) is 17.6 Å². The lowest BCUT2D eigenvalue weighted by Crippen LogP contribution is -2.13. The van der Waals surface area contributed by atoms with E-state index in [4.69, 9.17) is 9.47 Å². The molecule has 0 amide bonds. The molecule has 0 heterocycles. The number of halogens is 3. The number of ether oxygens (including phenoxy) is 2. The lowest BCUT2D eigenvalue weighted by Gasteiger charge is -2.13. The predicted octanol–water partition coefficient (Wildman–Crippen LogP) is 6.24. The normalized spacial score (nSPS) is 12.8. The molecule has 0 spiro atoms. The summed E-state index contributed by atoms with van der Waals surface area (Å²) in [6.45, 7) is 6.15. The van der Waals surface area contributed by atoms with E-state index < -0.39 is 17.8 Å². The Kier molecular flexibility index (Phi) is 10.1. The van der Waals surface area contributed by atoms with E-state index in [2.05, 4.69) is 19.9 Å². The van der Waals surface area contributed by atoms with Gasteiger partial charge in [-0.05, 0) is 37.3 Å². The van der Waals surface area contributed by atoms with Crippen LogP contribution in [0.5, 0.6) is 11.5 Å². The minimum absolute atomic E-state index is 0.152. The Morgan fingerprint density at radius 3 is 2.28 bits per heavy atom. The molecule has 0 aliphatic carbocycles. The predicted molar refractivity (Wildman–Crippen MR) is 95.0 cm³/mol. The summed E-state index contributed by atoms with van der Waals surface area (Å²) in [5.41, 5.74) is 0. The molecule has 1 aromatic rings. The molecule has 0 aliphatic rings. The first-order valence-corrected chi connectivity index (χ1v) is 9.00. The van der Waals surface area contributed by atoms with Crippen LogP contribution in [0.3, 0.4) is 0 Å². The fourth-order valence-corrected chi connectivity index (χ4v) is 2.18. The van der Waals surface area contributed by atoms with Crippen LogP contribution >= 0.6 is 0 Å². The van der Waals surface area contributed by atoms with E-state index in [9.17, 15) is 13.2 Å². The van der Waals surface area contributed by atoms with Gasteiger partial charge in [-0.1, -0.05) is 45.8 Å². The van der Waals surface area contributed by atoms with Crippen LogP contribution in [0.2, 0.25) is 0 Å². The monoisotopic (exact) mass is 358 g/mol. The molecule has 1 atom stereocenters. The number of benzene rings is 1. The first kappa shape index (κ1) is 21.4.